The monoisotopic (exact) mass is 201 g/mol. The summed E-state index contributed by atoms with van der Waals surface area (Å²) in [5.41, 5.74) is 1.22. The summed E-state index contributed by atoms with van der Waals surface area (Å²) in [4.78, 5) is 0. The number of ether oxygens (including phenoxy) is 1. The zero-order chi connectivity index (χ0) is 9.68. The van der Waals surface area contributed by atoms with Crippen LogP contribution in [-0.2, 0) is 4.74 Å². The molecule has 0 spiro atoms. The Morgan fingerprint density at radius 1 is 1.77 bits per heavy atom. The third-order valence-corrected chi connectivity index (χ3v) is 3.25. The number of thioether (sulfide) groups is 1. The van der Waals surface area contributed by atoms with Gasteiger partial charge in [-0.1, -0.05) is 5.57 Å². The second kappa shape index (κ2) is 5.68. The number of likely N-dealkylation sites (N-methyl/N-ethyl adjacent to an activating group) is 1. The molecule has 13 heavy (non-hydrogen) atoms. The molecule has 0 aromatic heterocycles. The summed E-state index contributed by atoms with van der Waals surface area (Å²) in [5.74, 6) is 2.25. The van der Waals surface area contributed by atoms with E-state index in [0.717, 1.165) is 24.5 Å². The zero-order valence-corrected chi connectivity index (χ0v) is 9.32. The van der Waals surface area contributed by atoms with Crippen LogP contribution >= 0.6 is 11.8 Å². The number of hydrogen-bond acceptors (Lipinski definition) is 3. The quantitative estimate of drug-likeness (QED) is 0.699. The molecule has 0 amide bonds. The van der Waals surface area contributed by atoms with Crippen molar-refractivity contribution >= 4 is 11.8 Å². The van der Waals surface area contributed by atoms with Crippen molar-refractivity contribution < 1.29 is 4.74 Å². The van der Waals surface area contributed by atoms with E-state index in [0.29, 0.717) is 12.1 Å². The summed E-state index contributed by atoms with van der Waals surface area (Å²) in [5, 5.41) is 3.30. The molecule has 2 atom stereocenters. The van der Waals surface area contributed by atoms with Crippen LogP contribution in [0.1, 0.15) is 13.3 Å². The van der Waals surface area contributed by atoms with Crippen molar-refractivity contribution in [3.05, 3.63) is 12.2 Å². The minimum Gasteiger partial charge on any atom is -0.375 e. The molecule has 0 bridgehead atoms. The summed E-state index contributed by atoms with van der Waals surface area (Å²) >= 11 is 1.98. The third kappa shape index (κ3) is 3.71. The second-order valence-electron chi connectivity index (χ2n) is 3.54. The minimum atomic E-state index is 0.362. The number of hydrogen-bond donors (Lipinski definition) is 1. The van der Waals surface area contributed by atoms with Crippen molar-refractivity contribution in [1.29, 1.82) is 0 Å². The van der Waals surface area contributed by atoms with Crippen molar-refractivity contribution in [1.82, 2.24) is 5.32 Å². The van der Waals surface area contributed by atoms with E-state index in [1.807, 2.05) is 18.8 Å². The van der Waals surface area contributed by atoms with Gasteiger partial charge in [-0.15, -0.1) is 6.58 Å². The smallest absolute Gasteiger partial charge is 0.0821 e. The van der Waals surface area contributed by atoms with Crippen molar-refractivity contribution in [2.45, 2.75) is 25.5 Å². The van der Waals surface area contributed by atoms with Crippen LogP contribution in [0.15, 0.2) is 12.2 Å². The standard InChI is InChI=1S/C10H19NOS/c1-8(2)6-9(11-3)10-7-13-5-4-12-10/h9-11H,1,4-7H2,2-3H3. The van der Waals surface area contributed by atoms with Crippen LogP contribution in [0.25, 0.3) is 0 Å². The Kier molecular flexibility index (Phi) is 4.84. The van der Waals surface area contributed by atoms with Gasteiger partial charge in [0, 0.05) is 17.5 Å². The summed E-state index contributed by atoms with van der Waals surface area (Å²) in [6.07, 6.45) is 1.38. The van der Waals surface area contributed by atoms with Crippen LogP contribution in [0.4, 0.5) is 0 Å². The molecule has 1 aliphatic heterocycles. The fourth-order valence-corrected chi connectivity index (χ4v) is 2.47. The fraction of sp³-hybridized carbons (Fsp3) is 0.800. The molecular formula is C10H19NOS. The van der Waals surface area contributed by atoms with E-state index in [1.54, 1.807) is 0 Å². The molecule has 0 saturated carbocycles. The normalized spacial score (nSPS) is 25.5. The summed E-state index contributed by atoms with van der Waals surface area (Å²) in [7, 11) is 2.00. The van der Waals surface area contributed by atoms with Gasteiger partial charge in [0.05, 0.1) is 12.7 Å². The highest BCUT2D eigenvalue weighted by Crippen LogP contribution is 2.18. The van der Waals surface area contributed by atoms with Crippen molar-refractivity contribution in [3.63, 3.8) is 0 Å². The maximum atomic E-state index is 5.71. The van der Waals surface area contributed by atoms with E-state index >= 15 is 0 Å². The summed E-state index contributed by atoms with van der Waals surface area (Å²) in [6.45, 7) is 6.90. The molecule has 0 radical (unpaired) electrons. The molecule has 1 aliphatic rings. The molecule has 1 saturated heterocycles. The second-order valence-corrected chi connectivity index (χ2v) is 4.69. The highest BCUT2D eigenvalue weighted by molar-refractivity contribution is 7.99. The molecule has 76 valence electrons. The average molecular weight is 201 g/mol. The van der Waals surface area contributed by atoms with E-state index in [1.165, 1.54) is 5.57 Å². The van der Waals surface area contributed by atoms with E-state index in [-0.39, 0.29) is 0 Å². The molecule has 0 aromatic rings. The molecule has 2 unspecified atom stereocenters. The van der Waals surface area contributed by atoms with Gasteiger partial charge in [-0.3, -0.25) is 0 Å². The van der Waals surface area contributed by atoms with Crippen molar-refractivity contribution in [3.8, 4) is 0 Å². The fourth-order valence-electron chi connectivity index (χ4n) is 1.53. The molecule has 1 fully saturated rings. The molecule has 1 heterocycles. The Labute approximate surface area is 85.1 Å². The van der Waals surface area contributed by atoms with Gasteiger partial charge in [-0.2, -0.15) is 11.8 Å². The van der Waals surface area contributed by atoms with E-state index in [2.05, 4.69) is 18.8 Å². The van der Waals surface area contributed by atoms with Crippen LogP contribution in [0.2, 0.25) is 0 Å². The van der Waals surface area contributed by atoms with E-state index < -0.39 is 0 Å². The van der Waals surface area contributed by atoms with Crippen LogP contribution in [0.5, 0.6) is 0 Å². The predicted molar refractivity (Wildman–Crippen MR) is 59.3 cm³/mol. The molecule has 3 heteroatoms. The predicted octanol–water partition coefficient (Wildman–Crippen LogP) is 1.67. The Morgan fingerprint density at radius 2 is 2.54 bits per heavy atom. The SMILES string of the molecule is C=C(C)CC(NC)C1CSCCO1. The van der Waals surface area contributed by atoms with Gasteiger partial charge in [0.2, 0.25) is 0 Å². The maximum Gasteiger partial charge on any atom is 0.0821 e. The van der Waals surface area contributed by atoms with Crippen LogP contribution < -0.4 is 5.32 Å². The first kappa shape index (κ1) is 11.1. The Bertz CT molecular complexity index is 166. The number of rotatable bonds is 4. The molecule has 1 rings (SSSR count). The van der Waals surface area contributed by atoms with Gasteiger partial charge in [0.1, 0.15) is 0 Å². The largest absolute Gasteiger partial charge is 0.375 e. The average Bonchev–Trinajstić information content (AvgIpc) is 2.15. The first-order valence-electron chi connectivity index (χ1n) is 4.75. The lowest BCUT2D eigenvalue weighted by molar-refractivity contribution is 0.0492. The summed E-state index contributed by atoms with van der Waals surface area (Å²) < 4.78 is 5.71. The minimum absolute atomic E-state index is 0.362. The van der Waals surface area contributed by atoms with Crippen LogP contribution in [0, 0.1) is 0 Å². The lowest BCUT2D eigenvalue weighted by Gasteiger charge is -2.30. The van der Waals surface area contributed by atoms with Gasteiger partial charge in [-0.25, -0.2) is 0 Å². The van der Waals surface area contributed by atoms with Gasteiger partial charge in [0.15, 0.2) is 0 Å². The highest BCUT2D eigenvalue weighted by Gasteiger charge is 2.23. The maximum absolute atomic E-state index is 5.71. The first-order chi connectivity index (χ1) is 6.24. The summed E-state index contributed by atoms with van der Waals surface area (Å²) in [6, 6.07) is 0.435. The van der Waals surface area contributed by atoms with Gasteiger partial charge in [-0.05, 0) is 20.4 Å². The Morgan fingerprint density at radius 3 is 3.00 bits per heavy atom. The van der Waals surface area contributed by atoms with Gasteiger partial charge >= 0.3 is 0 Å². The molecule has 1 N–H and O–H groups in total. The Hall–Kier alpha value is 0.01000. The lowest BCUT2D eigenvalue weighted by Crippen LogP contribution is -2.43. The van der Waals surface area contributed by atoms with Gasteiger partial charge in [0.25, 0.3) is 0 Å². The van der Waals surface area contributed by atoms with Crippen LogP contribution in [0.3, 0.4) is 0 Å². The molecule has 0 aromatic carbocycles. The van der Waals surface area contributed by atoms with E-state index in [4.69, 9.17) is 4.74 Å². The molecule has 2 nitrogen and oxygen atoms in total. The Balaban J connectivity index is 2.39. The van der Waals surface area contributed by atoms with Crippen LogP contribution in [-0.4, -0.2) is 37.3 Å². The molecular weight excluding hydrogens is 182 g/mol. The third-order valence-electron chi connectivity index (χ3n) is 2.23. The zero-order valence-electron chi connectivity index (χ0n) is 8.51. The van der Waals surface area contributed by atoms with Gasteiger partial charge < -0.3 is 10.1 Å². The van der Waals surface area contributed by atoms with E-state index in [9.17, 15) is 0 Å². The number of nitrogens with one attached hydrogen (secondary N) is 1. The van der Waals surface area contributed by atoms with Crippen molar-refractivity contribution in [2.75, 3.05) is 25.2 Å². The molecule has 0 aliphatic carbocycles. The van der Waals surface area contributed by atoms with Crippen molar-refractivity contribution in [2.24, 2.45) is 0 Å². The lowest BCUT2D eigenvalue weighted by atomic mass is 10.0. The highest BCUT2D eigenvalue weighted by atomic mass is 32.2. The first-order valence-corrected chi connectivity index (χ1v) is 5.90. The topological polar surface area (TPSA) is 21.3 Å².